The summed E-state index contributed by atoms with van der Waals surface area (Å²) in [6.07, 6.45) is 0.854. The molecular formula is C11H22N2O2. The van der Waals surface area contributed by atoms with E-state index in [9.17, 15) is 4.79 Å². The number of nitrogens with one attached hydrogen (secondary N) is 1. The van der Waals surface area contributed by atoms with Crippen LogP contribution in [0, 0.1) is 0 Å². The van der Waals surface area contributed by atoms with Crippen molar-refractivity contribution >= 4 is 5.91 Å². The summed E-state index contributed by atoms with van der Waals surface area (Å²) in [7, 11) is 3.56. The third-order valence-electron chi connectivity index (χ3n) is 1.80. The van der Waals surface area contributed by atoms with Crippen molar-refractivity contribution in [1.29, 1.82) is 0 Å². The quantitative estimate of drug-likeness (QED) is 0.476. The maximum absolute atomic E-state index is 11.4. The van der Waals surface area contributed by atoms with E-state index in [-0.39, 0.29) is 5.91 Å². The molecule has 15 heavy (non-hydrogen) atoms. The summed E-state index contributed by atoms with van der Waals surface area (Å²) in [6, 6.07) is 0. The molecule has 4 heteroatoms. The van der Waals surface area contributed by atoms with Crippen LogP contribution in [0.3, 0.4) is 0 Å². The van der Waals surface area contributed by atoms with Crippen LogP contribution in [-0.2, 0) is 9.53 Å². The van der Waals surface area contributed by atoms with Gasteiger partial charge in [-0.05, 0) is 20.4 Å². The molecule has 0 aliphatic carbocycles. The highest BCUT2D eigenvalue weighted by atomic mass is 16.5. The molecule has 0 unspecified atom stereocenters. The molecule has 0 atom stereocenters. The van der Waals surface area contributed by atoms with Crippen LogP contribution in [-0.4, -0.2) is 51.2 Å². The van der Waals surface area contributed by atoms with E-state index in [1.807, 2.05) is 18.9 Å². The minimum Gasteiger partial charge on any atom is -0.385 e. The number of carbonyl (C=O) groups excluding carboxylic acids is 1. The number of carbonyl (C=O) groups is 1. The SMILES string of the molecule is C=C(C)CN(C)CC(=O)NCCCOC. The van der Waals surface area contributed by atoms with E-state index < -0.39 is 0 Å². The highest BCUT2D eigenvalue weighted by Crippen LogP contribution is 1.91. The van der Waals surface area contributed by atoms with Crippen LogP contribution < -0.4 is 5.32 Å². The molecule has 0 bridgehead atoms. The normalized spacial score (nSPS) is 10.4. The van der Waals surface area contributed by atoms with Crippen LogP contribution in [0.1, 0.15) is 13.3 Å². The average Bonchev–Trinajstić information content (AvgIpc) is 2.10. The van der Waals surface area contributed by atoms with Crippen molar-refractivity contribution in [2.45, 2.75) is 13.3 Å². The number of hydrogen-bond donors (Lipinski definition) is 1. The zero-order valence-electron chi connectivity index (χ0n) is 10.0. The fourth-order valence-corrected chi connectivity index (χ4v) is 1.26. The van der Waals surface area contributed by atoms with Crippen molar-refractivity contribution in [2.24, 2.45) is 0 Å². The third kappa shape index (κ3) is 9.43. The van der Waals surface area contributed by atoms with E-state index in [4.69, 9.17) is 4.74 Å². The molecule has 0 spiro atoms. The number of methoxy groups -OCH3 is 1. The smallest absolute Gasteiger partial charge is 0.234 e. The van der Waals surface area contributed by atoms with Crippen molar-refractivity contribution in [3.05, 3.63) is 12.2 Å². The number of nitrogens with zero attached hydrogens (tertiary/aromatic N) is 1. The number of amides is 1. The molecule has 88 valence electrons. The maximum atomic E-state index is 11.4. The Labute approximate surface area is 92.3 Å². The molecule has 0 radical (unpaired) electrons. The minimum absolute atomic E-state index is 0.0508. The first-order valence-electron chi connectivity index (χ1n) is 5.14. The Hall–Kier alpha value is -0.870. The first-order valence-corrected chi connectivity index (χ1v) is 5.14. The fourth-order valence-electron chi connectivity index (χ4n) is 1.26. The topological polar surface area (TPSA) is 41.6 Å². The second kappa shape index (κ2) is 8.44. The van der Waals surface area contributed by atoms with Crippen LogP contribution in [0.25, 0.3) is 0 Å². The number of ether oxygens (including phenoxy) is 1. The number of likely N-dealkylation sites (N-methyl/N-ethyl adjacent to an activating group) is 1. The van der Waals surface area contributed by atoms with Gasteiger partial charge in [0.15, 0.2) is 0 Å². The van der Waals surface area contributed by atoms with E-state index in [2.05, 4.69) is 11.9 Å². The lowest BCUT2D eigenvalue weighted by Gasteiger charge is -2.15. The standard InChI is InChI=1S/C11H22N2O2/c1-10(2)8-13(3)9-11(14)12-6-5-7-15-4/h1,5-9H2,2-4H3,(H,12,14). The van der Waals surface area contributed by atoms with Crippen LogP contribution in [0.2, 0.25) is 0 Å². The van der Waals surface area contributed by atoms with Gasteiger partial charge in [-0.3, -0.25) is 9.69 Å². The summed E-state index contributed by atoms with van der Waals surface area (Å²) in [4.78, 5) is 13.3. The molecule has 0 rings (SSSR count). The lowest BCUT2D eigenvalue weighted by Crippen LogP contribution is -2.36. The molecule has 1 N–H and O–H groups in total. The third-order valence-corrected chi connectivity index (χ3v) is 1.80. The van der Waals surface area contributed by atoms with Crippen molar-refractivity contribution in [3.8, 4) is 0 Å². The van der Waals surface area contributed by atoms with E-state index in [1.54, 1.807) is 7.11 Å². The Balaban J connectivity index is 3.51. The zero-order chi connectivity index (χ0) is 11.7. The first-order chi connectivity index (χ1) is 7.06. The highest BCUT2D eigenvalue weighted by Gasteiger charge is 2.05. The Kier molecular flexibility index (Phi) is 7.95. The van der Waals surface area contributed by atoms with E-state index in [0.717, 1.165) is 18.5 Å². The van der Waals surface area contributed by atoms with Gasteiger partial charge in [0, 0.05) is 26.8 Å². The first kappa shape index (κ1) is 14.1. The Morgan fingerprint density at radius 3 is 2.67 bits per heavy atom. The van der Waals surface area contributed by atoms with Gasteiger partial charge >= 0.3 is 0 Å². The molecule has 0 saturated heterocycles. The highest BCUT2D eigenvalue weighted by molar-refractivity contribution is 5.77. The second-order valence-corrected chi connectivity index (χ2v) is 3.83. The van der Waals surface area contributed by atoms with Crippen LogP contribution in [0.5, 0.6) is 0 Å². The Morgan fingerprint density at radius 1 is 1.47 bits per heavy atom. The molecule has 4 nitrogen and oxygen atoms in total. The predicted octanol–water partition coefficient (Wildman–Crippen LogP) is 0.647. The Morgan fingerprint density at radius 2 is 2.13 bits per heavy atom. The molecule has 0 aliphatic heterocycles. The molecule has 0 aromatic carbocycles. The monoisotopic (exact) mass is 214 g/mol. The van der Waals surface area contributed by atoms with Crippen molar-refractivity contribution < 1.29 is 9.53 Å². The van der Waals surface area contributed by atoms with E-state index >= 15 is 0 Å². The summed E-state index contributed by atoms with van der Waals surface area (Å²) in [5.41, 5.74) is 1.06. The summed E-state index contributed by atoms with van der Waals surface area (Å²) in [6.45, 7) is 8.28. The average molecular weight is 214 g/mol. The van der Waals surface area contributed by atoms with Crippen molar-refractivity contribution in [1.82, 2.24) is 10.2 Å². The second-order valence-electron chi connectivity index (χ2n) is 3.83. The van der Waals surface area contributed by atoms with Gasteiger partial charge in [0.05, 0.1) is 6.54 Å². The molecule has 1 amide bonds. The molecule has 0 saturated carbocycles. The lowest BCUT2D eigenvalue weighted by atomic mass is 10.3. The van der Waals surface area contributed by atoms with Gasteiger partial charge in [-0.2, -0.15) is 0 Å². The van der Waals surface area contributed by atoms with Crippen LogP contribution in [0.15, 0.2) is 12.2 Å². The molecule has 0 aliphatic rings. The lowest BCUT2D eigenvalue weighted by molar-refractivity contribution is -0.121. The number of rotatable bonds is 8. The van der Waals surface area contributed by atoms with E-state index in [1.165, 1.54) is 0 Å². The molecule has 0 aromatic heterocycles. The fraction of sp³-hybridized carbons (Fsp3) is 0.727. The van der Waals surface area contributed by atoms with E-state index in [0.29, 0.717) is 19.7 Å². The van der Waals surface area contributed by atoms with Crippen LogP contribution in [0.4, 0.5) is 0 Å². The summed E-state index contributed by atoms with van der Waals surface area (Å²) < 4.78 is 4.88. The van der Waals surface area contributed by atoms with Gasteiger partial charge in [-0.15, -0.1) is 0 Å². The summed E-state index contributed by atoms with van der Waals surface area (Å²) >= 11 is 0. The van der Waals surface area contributed by atoms with Crippen LogP contribution >= 0.6 is 0 Å². The minimum atomic E-state index is 0.0508. The van der Waals surface area contributed by atoms with Crippen molar-refractivity contribution in [3.63, 3.8) is 0 Å². The zero-order valence-corrected chi connectivity index (χ0v) is 10.0. The Bertz CT molecular complexity index is 205. The molecule has 0 fully saturated rings. The van der Waals surface area contributed by atoms with Gasteiger partial charge in [-0.1, -0.05) is 12.2 Å². The van der Waals surface area contributed by atoms with Gasteiger partial charge in [-0.25, -0.2) is 0 Å². The summed E-state index contributed by atoms with van der Waals surface area (Å²) in [5, 5.41) is 2.83. The molecule has 0 aromatic rings. The van der Waals surface area contributed by atoms with Gasteiger partial charge in [0.2, 0.25) is 5.91 Å². The predicted molar refractivity (Wildman–Crippen MR) is 61.8 cm³/mol. The van der Waals surface area contributed by atoms with Gasteiger partial charge in [0.25, 0.3) is 0 Å². The van der Waals surface area contributed by atoms with Crippen molar-refractivity contribution in [2.75, 3.05) is 40.4 Å². The number of hydrogen-bond acceptors (Lipinski definition) is 3. The van der Waals surface area contributed by atoms with Gasteiger partial charge < -0.3 is 10.1 Å². The summed E-state index contributed by atoms with van der Waals surface area (Å²) in [5.74, 6) is 0.0508. The maximum Gasteiger partial charge on any atom is 0.234 e. The molecule has 0 heterocycles. The molecular weight excluding hydrogens is 192 g/mol. The largest absolute Gasteiger partial charge is 0.385 e. The van der Waals surface area contributed by atoms with Gasteiger partial charge in [0.1, 0.15) is 0 Å².